The fourth-order valence-electron chi connectivity index (χ4n) is 0.892. The summed E-state index contributed by atoms with van der Waals surface area (Å²) >= 11 is 0. The van der Waals surface area contributed by atoms with Crippen LogP contribution >= 0.6 is 0 Å². The van der Waals surface area contributed by atoms with Crippen molar-refractivity contribution in [2.75, 3.05) is 6.61 Å². The molecule has 15 heavy (non-hydrogen) atoms. The molecule has 0 saturated carbocycles. The zero-order valence-corrected chi connectivity index (χ0v) is 9.90. The molecule has 0 saturated heterocycles. The molecule has 3 heteroatoms. The van der Waals surface area contributed by atoms with Gasteiger partial charge in [0.1, 0.15) is 6.61 Å². The first-order chi connectivity index (χ1) is 6.86. The maximum Gasteiger partial charge on any atom is 0.296 e. The second kappa shape index (κ2) is 7.35. The van der Waals surface area contributed by atoms with Gasteiger partial charge in [-0.05, 0) is 19.4 Å². The van der Waals surface area contributed by atoms with Crippen LogP contribution in [-0.4, -0.2) is 17.6 Å². The normalized spacial score (nSPS) is 12.2. The third-order valence-corrected chi connectivity index (χ3v) is 1.84. The van der Waals surface area contributed by atoms with E-state index in [9.17, 15) is 8.78 Å². The lowest BCUT2D eigenvalue weighted by Gasteiger charge is -2.17. The summed E-state index contributed by atoms with van der Waals surface area (Å²) in [6.07, 6.45) is 1.06. The van der Waals surface area contributed by atoms with Crippen molar-refractivity contribution in [1.82, 2.24) is 0 Å². The van der Waals surface area contributed by atoms with Crippen LogP contribution in [0.2, 0.25) is 0 Å². The van der Waals surface area contributed by atoms with Crippen LogP contribution in [0.3, 0.4) is 0 Å². The van der Waals surface area contributed by atoms with Gasteiger partial charge in [-0.25, -0.2) is 0 Å². The van der Waals surface area contributed by atoms with E-state index in [2.05, 4.69) is 13.2 Å². The Morgan fingerprint density at radius 3 is 1.93 bits per heavy atom. The number of halogens is 2. The van der Waals surface area contributed by atoms with Gasteiger partial charge >= 0.3 is 0 Å². The van der Waals surface area contributed by atoms with Gasteiger partial charge in [0.05, 0.1) is 0 Å². The minimum atomic E-state index is -3.23. The van der Waals surface area contributed by atoms with E-state index in [1.54, 1.807) is 6.92 Å². The summed E-state index contributed by atoms with van der Waals surface area (Å²) in [5.74, 6) is -3.23. The topological polar surface area (TPSA) is 20.2 Å². The fourth-order valence-corrected chi connectivity index (χ4v) is 0.892. The third kappa shape index (κ3) is 4.88. The third-order valence-electron chi connectivity index (χ3n) is 1.84. The highest BCUT2D eigenvalue weighted by Gasteiger charge is 2.32. The summed E-state index contributed by atoms with van der Waals surface area (Å²) in [6, 6.07) is 0. The Kier molecular flexibility index (Phi) is 8.07. The summed E-state index contributed by atoms with van der Waals surface area (Å²) in [4.78, 5) is 0. The van der Waals surface area contributed by atoms with E-state index in [1.807, 2.05) is 13.8 Å². The maximum atomic E-state index is 13.0. The number of rotatable bonds is 4. The van der Waals surface area contributed by atoms with Crippen LogP contribution in [-0.2, 0) is 0 Å². The van der Waals surface area contributed by atoms with Crippen molar-refractivity contribution < 1.29 is 13.9 Å². The van der Waals surface area contributed by atoms with E-state index in [0.717, 1.165) is 6.08 Å². The van der Waals surface area contributed by atoms with Gasteiger partial charge in [-0.15, -0.1) is 0 Å². The van der Waals surface area contributed by atoms with Gasteiger partial charge in [0, 0.05) is 5.57 Å². The van der Waals surface area contributed by atoms with Crippen molar-refractivity contribution in [1.29, 1.82) is 0 Å². The van der Waals surface area contributed by atoms with E-state index < -0.39 is 12.5 Å². The number of aliphatic hydroxyl groups is 1. The quantitative estimate of drug-likeness (QED) is 0.713. The van der Waals surface area contributed by atoms with Crippen molar-refractivity contribution in [3.63, 3.8) is 0 Å². The number of aliphatic hydroxyl groups excluding tert-OH is 1. The minimum Gasteiger partial charge on any atom is -0.390 e. The molecule has 0 aliphatic rings. The molecule has 1 N–H and O–H groups in total. The molecular formula is C12H20F2O. The zero-order valence-electron chi connectivity index (χ0n) is 9.90. The van der Waals surface area contributed by atoms with Gasteiger partial charge in [0.2, 0.25) is 0 Å². The molecule has 0 amide bonds. The Morgan fingerprint density at radius 1 is 1.33 bits per heavy atom. The molecule has 0 bridgehead atoms. The van der Waals surface area contributed by atoms with Gasteiger partial charge in [-0.1, -0.05) is 38.7 Å². The molecule has 0 fully saturated rings. The Bertz CT molecular complexity index is 252. The van der Waals surface area contributed by atoms with Crippen LogP contribution in [0.5, 0.6) is 0 Å². The Balaban J connectivity index is 0. The molecule has 0 aliphatic carbocycles. The van der Waals surface area contributed by atoms with Crippen molar-refractivity contribution in [2.24, 2.45) is 0 Å². The number of hydrogen-bond acceptors (Lipinski definition) is 1. The van der Waals surface area contributed by atoms with Crippen LogP contribution < -0.4 is 0 Å². The lowest BCUT2D eigenvalue weighted by atomic mass is 9.99. The standard InChI is InChI=1S/C10H14F2O.C2H6/c1-5-9(8(4)7(2)3)10(11,12)6-13;1-2/h5,13H,1-2,6H2,3-4H3;1-2H3/b9-8+;. The monoisotopic (exact) mass is 218 g/mol. The molecule has 0 heterocycles. The van der Waals surface area contributed by atoms with Gasteiger partial charge < -0.3 is 5.11 Å². The average molecular weight is 218 g/mol. The Labute approximate surface area is 90.8 Å². The molecular weight excluding hydrogens is 198 g/mol. The minimum absolute atomic E-state index is 0.262. The summed E-state index contributed by atoms with van der Waals surface area (Å²) in [6.45, 7) is 12.8. The lowest BCUT2D eigenvalue weighted by molar-refractivity contribution is -0.0132. The van der Waals surface area contributed by atoms with Crippen LogP contribution in [0, 0.1) is 0 Å². The van der Waals surface area contributed by atoms with E-state index >= 15 is 0 Å². The molecule has 0 radical (unpaired) electrons. The zero-order chi connectivity index (χ0) is 12.6. The second-order valence-electron chi connectivity index (χ2n) is 2.89. The highest BCUT2D eigenvalue weighted by molar-refractivity contribution is 5.39. The fraction of sp³-hybridized carbons (Fsp3) is 0.500. The van der Waals surface area contributed by atoms with Crippen molar-refractivity contribution >= 4 is 0 Å². The molecule has 0 aromatic heterocycles. The van der Waals surface area contributed by atoms with Crippen LogP contribution in [0.25, 0.3) is 0 Å². The molecule has 1 nitrogen and oxygen atoms in total. The maximum absolute atomic E-state index is 13.0. The van der Waals surface area contributed by atoms with Crippen LogP contribution in [0.4, 0.5) is 8.78 Å². The van der Waals surface area contributed by atoms with Gasteiger partial charge in [-0.3, -0.25) is 0 Å². The van der Waals surface area contributed by atoms with Gasteiger partial charge in [0.25, 0.3) is 5.92 Å². The van der Waals surface area contributed by atoms with E-state index in [0.29, 0.717) is 11.1 Å². The highest BCUT2D eigenvalue weighted by atomic mass is 19.3. The first-order valence-electron chi connectivity index (χ1n) is 4.85. The predicted molar refractivity (Wildman–Crippen MR) is 61.1 cm³/mol. The molecule has 0 rings (SSSR count). The highest BCUT2D eigenvalue weighted by Crippen LogP contribution is 2.29. The van der Waals surface area contributed by atoms with Crippen molar-refractivity contribution in [3.05, 3.63) is 36.0 Å². The first kappa shape index (κ1) is 16.5. The molecule has 0 aliphatic heterocycles. The van der Waals surface area contributed by atoms with E-state index in [4.69, 9.17) is 5.11 Å². The largest absolute Gasteiger partial charge is 0.390 e. The van der Waals surface area contributed by atoms with E-state index in [-0.39, 0.29) is 5.57 Å². The summed E-state index contributed by atoms with van der Waals surface area (Å²) < 4.78 is 26.0. The van der Waals surface area contributed by atoms with Crippen molar-refractivity contribution in [3.8, 4) is 0 Å². The molecule has 0 aromatic carbocycles. The van der Waals surface area contributed by atoms with Crippen LogP contribution in [0.15, 0.2) is 36.0 Å². The van der Waals surface area contributed by atoms with Crippen molar-refractivity contribution in [2.45, 2.75) is 33.6 Å². The lowest BCUT2D eigenvalue weighted by Crippen LogP contribution is -2.24. The Morgan fingerprint density at radius 2 is 1.73 bits per heavy atom. The predicted octanol–water partition coefficient (Wildman–Crippen LogP) is 3.72. The summed E-state index contributed by atoms with van der Waals surface area (Å²) in [5.41, 5.74) is 0.652. The first-order valence-corrected chi connectivity index (χ1v) is 4.85. The van der Waals surface area contributed by atoms with Gasteiger partial charge in [-0.2, -0.15) is 8.78 Å². The Hall–Kier alpha value is -0.960. The molecule has 0 spiro atoms. The summed E-state index contributed by atoms with van der Waals surface area (Å²) in [5, 5.41) is 8.46. The summed E-state index contributed by atoms with van der Waals surface area (Å²) in [7, 11) is 0. The smallest absolute Gasteiger partial charge is 0.296 e. The number of allylic oxidation sites excluding steroid dienone is 3. The number of hydrogen-bond donors (Lipinski definition) is 1. The van der Waals surface area contributed by atoms with E-state index in [1.165, 1.54) is 6.92 Å². The number of alkyl halides is 2. The molecule has 88 valence electrons. The van der Waals surface area contributed by atoms with Crippen LogP contribution in [0.1, 0.15) is 27.7 Å². The average Bonchev–Trinajstić information content (AvgIpc) is 2.21. The van der Waals surface area contributed by atoms with Gasteiger partial charge in [0.15, 0.2) is 0 Å². The molecule has 0 atom stereocenters. The molecule has 0 unspecified atom stereocenters. The molecule has 0 aromatic rings. The second-order valence-corrected chi connectivity index (χ2v) is 2.89. The SMILES string of the molecule is C=C/C(=C(/C)C(=C)C)C(F)(F)CO.CC.